The lowest BCUT2D eigenvalue weighted by atomic mass is 9.83. The van der Waals surface area contributed by atoms with Crippen LogP contribution in [-0.2, 0) is 0 Å². The molecule has 1 N–H and O–H groups in total. The maximum Gasteiger partial charge on any atom is 0.251 e. The molecule has 2 aliphatic heterocycles. The topological polar surface area (TPSA) is 74.6 Å². The Morgan fingerprint density at radius 1 is 1.00 bits per heavy atom. The van der Waals surface area contributed by atoms with Gasteiger partial charge in [-0.15, -0.1) is 0 Å². The summed E-state index contributed by atoms with van der Waals surface area (Å²) in [6.07, 6.45) is 8.07. The van der Waals surface area contributed by atoms with Crippen molar-refractivity contribution in [2.24, 2.45) is 5.92 Å². The molecule has 1 saturated heterocycles. The van der Waals surface area contributed by atoms with Gasteiger partial charge >= 0.3 is 0 Å². The second-order valence-corrected chi connectivity index (χ2v) is 9.87. The van der Waals surface area contributed by atoms with Crippen molar-refractivity contribution >= 4 is 5.91 Å². The van der Waals surface area contributed by atoms with Gasteiger partial charge in [-0.2, -0.15) is 5.26 Å². The number of carbonyl (C=O) groups is 1. The second kappa shape index (κ2) is 10.5. The number of piperidine rings is 1. The van der Waals surface area contributed by atoms with Crippen molar-refractivity contribution in [3.05, 3.63) is 59.2 Å². The summed E-state index contributed by atoms with van der Waals surface area (Å²) in [5, 5.41) is 12.1. The molecule has 1 aliphatic carbocycles. The standard InChI is InChI=1S/C28H33N3O3/c29-18-21-4-8-23(9-5-21)28(32)30-24-10-6-20(7-11-24)12-15-31-16-13-22(14-17-31)25-2-1-3-26-27(25)34-19-33-26/h1-5,8-9,20,22,24H,6-7,10-17,19H2,(H,30,32). The van der Waals surface area contributed by atoms with E-state index >= 15 is 0 Å². The Kier molecular flexibility index (Phi) is 7.01. The zero-order valence-corrected chi connectivity index (χ0v) is 19.7. The molecular formula is C28H33N3O3. The predicted octanol–water partition coefficient (Wildman–Crippen LogP) is 4.85. The number of nitriles is 1. The Balaban J connectivity index is 1.02. The highest BCUT2D eigenvalue weighted by molar-refractivity contribution is 5.94. The number of likely N-dealkylation sites (tertiary alicyclic amines) is 1. The summed E-state index contributed by atoms with van der Waals surface area (Å²) in [7, 11) is 0. The number of nitrogens with one attached hydrogen (secondary N) is 1. The fourth-order valence-electron chi connectivity index (χ4n) is 5.67. The van der Waals surface area contributed by atoms with E-state index in [0.717, 1.165) is 43.3 Å². The molecule has 178 valence electrons. The fraction of sp³-hybridized carbons (Fsp3) is 0.500. The molecule has 34 heavy (non-hydrogen) atoms. The zero-order chi connectivity index (χ0) is 23.3. The van der Waals surface area contributed by atoms with Crippen molar-refractivity contribution in [3.63, 3.8) is 0 Å². The molecule has 0 radical (unpaired) electrons. The van der Waals surface area contributed by atoms with Gasteiger partial charge < -0.3 is 19.7 Å². The number of hydrogen-bond donors (Lipinski definition) is 1. The number of amides is 1. The average Bonchev–Trinajstić information content (AvgIpc) is 3.38. The minimum atomic E-state index is -0.0307. The molecule has 0 unspecified atom stereocenters. The maximum absolute atomic E-state index is 12.5. The first-order valence-electron chi connectivity index (χ1n) is 12.6. The van der Waals surface area contributed by atoms with E-state index < -0.39 is 0 Å². The third-order valence-corrected chi connectivity index (χ3v) is 7.77. The van der Waals surface area contributed by atoms with Gasteiger partial charge in [-0.25, -0.2) is 0 Å². The number of ether oxygens (including phenoxy) is 2. The quantitative estimate of drug-likeness (QED) is 0.669. The van der Waals surface area contributed by atoms with Crippen LogP contribution in [0.3, 0.4) is 0 Å². The van der Waals surface area contributed by atoms with Crippen LogP contribution in [0.1, 0.15) is 72.3 Å². The van der Waals surface area contributed by atoms with Crippen LogP contribution in [0, 0.1) is 17.2 Å². The van der Waals surface area contributed by atoms with Crippen LogP contribution in [0.4, 0.5) is 0 Å². The van der Waals surface area contributed by atoms with E-state index in [4.69, 9.17) is 14.7 Å². The van der Waals surface area contributed by atoms with Crippen molar-refractivity contribution in [1.29, 1.82) is 5.26 Å². The third-order valence-electron chi connectivity index (χ3n) is 7.77. The molecule has 1 saturated carbocycles. The van der Waals surface area contributed by atoms with Crippen LogP contribution in [0.25, 0.3) is 0 Å². The first-order valence-corrected chi connectivity index (χ1v) is 12.6. The van der Waals surface area contributed by atoms with Crippen molar-refractivity contribution in [1.82, 2.24) is 10.2 Å². The predicted molar refractivity (Wildman–Crippen MR) is 130 cm³/mol. The van der Waals surface area contributed by atoms with Gasteiger partial charge in [0.05, 0.1) is 11.6 Å². The van der Waals surface area contributed by atoms with Gasteiger partial charge in [0.1, 0.15) is 0 Å². The summed E-state index contributed by atoms with van der Waals surface area (Å²) in [6, 6.07) is 15.5. The number of rotatable bonds is 6. The Hall–Kier alpha value is -3.04. The van der Waals surface area contributed by atoms with E-state index in [0.29, 0.717) is 23.8 Å². The zero-order valence-electron chi connectivity index (χ0n) is 19.7. The highest BCUT2D eigenvalue weighted by Crippen LogP contribution is 2.42. The summed E-state index contributed by atoms with van der Waals surface area (Å²) >= 11 is 0. The van der Waals surface area contributed by atoms with Crippen molar-refractivity contribution in [3.8, 4) is 17.6 Å². The van der Waals surface area contributed by atoms with Crippen molar-refractivity contribution in [2.75, 3.05) is 26.4 Å². The SMILES string of the molecule is N#Cc1ccc(C(=O)NC2CCC(CCN3CCC(c4cccc5c4OCO5)CC3)CC2)cc1. The van der Waals surface area contributed by atoms with Crippen molar-refractivity contribution in [2.45, 2.75) is 56.9 Å². The first kappa shape index (κ1) is 22.7. The summed E-state index contributed by atoms with van der Waals surface area (Å²) in [6.45, 7) is 3.80. The maximum atomic E-state index is 12.5. The fourth-order valence-corrected chi connectivity index (χ4v) is 5.67. The summed E-state index contributed by atoms with van der Waals surface area (Å²) in [5.41, 5.74) is 2.52. The average molecular weight is 460 g/mol. The lowest BCUT2D eigenvalue weighted by molar-refractivity contribution is 0.0919. The van der Waals surface area contributed by atoms with E-state index in [1.807, 2.05) is 6.07 Å². The van der Waals surface area contributed by atoms with Crippen LogP contribution < -0.4 is 14.8 Å². The lowest BCUT2D eigenvalue weighted by Crippen LogP contribution is -2.38. The normalized spacial score (nSPS) is 22.8. The number of nitrogens with zero attached hydrogens (tertiary/aromatic N) is 2. The van der Waals surface area contributed by atoms with Crippen LogP contribution in [-0.4, -0.2) is 43.3 Å². The summed E-state index contributed by atoms with van der Waals surface area (Å²) in [5.74, 6) is 3.14. The molecule has 0 spiro atoms. The van der Waals surface area contributed by atoms with Gasteiger partial charge in [0.25, 0.3) is 5.91 Å². The molecule has 0 bridgehead atoms. The lowest BCUT2D eigenvalue weighted by Gasteiger charge is -2.34. The second-order valence-electron chi connectivity index (χ2n) is 9.87. The molecule has 2 aromatic carbocycles. The molecule has 6 heteroatoms. The van der Waals surface area contributed by atoms with Gasteiger partial charge in [0.15, 0.2) is 11.5 Å². The van der Waals surface area contributed by atoms with E-state index in [9.17, 15) is 4.79 Å². The third kappa shape index (κ3) is 5.20. The number of carbonyl (C=O) groups excluding carboxylic acids is 1. The van der Waals surface area contributed by atoms with E-state index in [2.05, 4.69) is 28.4 Å². The molecule has 0 aromatic heterocycles. The van der Waals surface area contributed by atoms with Crippen LogP contribution in [0.2, 0.25) is 0 Å². The molecule has 5 rings (SSSR count). The van der Waals surface area contributed by atoms with Gasteiger partial charge in [-0.3, -0.25) is 4.79 Å². The van der Waals surface area contributed by atoms with Gasteiger partial charge in [0.2, 0.25) is 6.79 Å². The van der Waals surface area contributed by atoms with E-state index in [1.54, 1.807) is 24.3 Å². The number of benzene rings is 2. The highest BCUT2D eigenvalue weighted by Gasteiger charge is 2.28. The molecule has 6 nitrogen and oxygen atoms in total. The van der Waals surface area contributed by atoms with Gasteiger partial charge in [-0.05, 0) is 107 Å². The molecule has 2 aromatic rings. The Bertz CT molecular complexity index is 1030. The molecule has 0 atom stereocenters. The smallest absolute Gasteiger partial charge is 0.251 e. The number of hydrogen-bond acceptors (Lipinski definition) is 5. The Morgan fingerprint density at radius 3 is 2.50 bits per heavy atom. The summed E-state index contributed by atoms with van der Waals surface area (Å²) in [4.78, 5) is 15.1. The monoisotopic (exact) mass is 459 g/mol. The first-order chi connectivity index (χ1) is 16.7. The Labute approximate surface area is 201 Å². The summed E-state index contributed by atoms with van der Waals surface area (Å²) < 4.78 is 11.3. The van der Waals surface area contributed by atoms with Crippen LogP contribution >= 0.6 is 0 Å². The number of para-hydroxylation sites is 1. The van der Waals surface area contributed by atoms with Crippen LogP contribution in [0.15, 0.2) is 42.5 Å². The molecule has 2 heterocycles. The minimum Gasteiger partial charge on any atom is -0.454 e. The van der Waals surface area contributed by atoms with E-state index in [1.165, 1.54) is 44.2 Å². The Morgan fingerprint density at radius 2 is 1.76 bits per heavy atom. The highest BCUT2D eigenvalue weighted by atomic mass is 16.7. The van der Waals surface area contributed by atoms with Gasteiger partial charge in [-0.1, -0.05) is 12.1 Å². The van der Waals surface area contributed by atoms with Gasteiger partial charge in [0, 0.05) is 17.2 Å². The molecular weight excluding hydrogens is 426 g/mol. The number of fused-ring (bicyclic) bond motifs is 1. The molecule has 2 fully saturated rings. The van der Waals surface area contributed by atoms with Crippen molar-refractivity contribution < 1.29 is 14.3 Å². The molecule has 3 aliphatic rings. The largest absolute Gasteiger partial charge is 0.454 e. The van der Waals surface area contributed by atoms with E-state index in [-0.39, 0.29) is 11.9 Å². The van der Waals surface area contributed by atoms with Crippen LogP contribution in [0.5, 0.6) is 11.5 Å². The minimum absolute atomic E-state index is 0.0307. The molecule has 1 amide bonds.